The molecule has 7 unspecified atom stereocenters. The van der Waals surface area contributed by atoms with Gasteiger partial charge < -0.3 is 14.2 Å². The van der Waals surface area contributed by atoms with Crippen LogP contribution < -0.4 is 4.74 Å². The summed E-state index contributed by atoms with van der Waals surface area (Å²) in [5, 5.41) is 0. The summed E-state index contributed by atoms with van der Waals surface area (Å²) in [5.74, 6) is -2.25. The number of fused-ring (bicyclic) bond motifs is 3. The zero-order valence-corrected chi connectivity index (χ0v) is 23.2. The highest BCUT2D eigenvalue weighted by molar-refractivity contribution is 5.87. The molecule has 6 nitrogen and oxygen atoms in total. The molecule has 6 heteroatoms. The number of hydrogen-bond acceptors (Lipinski definition) is 6. The summed E-state index contributed by atoms with van der Waals surface area (Å²) >= 11 is 0. The summed E-state index contributed by atoms with van der Waals surface area (Å²) in [7, 11) is 0. The van der Waals surface area contributed by atoms with Gasteiger partial charge in [0.2, 0.25) is 0 Å². The Kier molecular flexibility index (Phi) is 5.30. The van der Waals surface area contributed by atoms with Crippen molar-refractivity contribution < 1.29 is 28.6 Å². The van der Waals surface area contributed by atoms with Crippen molar-refractivity contribution in [2.24, 2.45) is 29.6 Å². The minimum Gasteiger partial charge on any atom is -0.458 e. The summed E-state index contributed by atoms with van der Waals surface area (Å²) in [4.78, 5) is 40.8. The van der Waals surface area contributed by atoms with E-state index in [-0.39, 0.29) is 41.5 Å². The van der Waals surface area contributed by atoms with Crippen LogP contribution in [0.25, 0.3) is 0 Å². The number of benzene rings is 3. The Morgan fingerprint density at radius 1 is 0.762 bits per heavy atom. The van der Waals surface area contributed by atoms with Gasteiger partial charge in [-0.25, -0.2) is 0 Å². The van der Waals surface area contributed by atoms with Gasteiger partial charge in [-0.2, -0.15) is 0 Å². The van der Waals surface area contributed by atoms with Gasteiger partial charge in [-0.15, -0.1) is 0 Å². The lowest BCUT2D eigenvalue weighted by Gasteiger charge is -2.45. The van der Waals surface area contributed by atoms with E-state index >= 15 is 0 Å². The van der Waals surface area contributed by atoms with Gasteiger partial charge in [-0.05, 0) is 78.0 Å². The van der Waals surface area contributed by atoms with Crippen molar-refractivity contribution in [3.05, 3.63) is 100 Å². The Bertz CT molecular complexity index is 1610. The number of ether oxygens (including phenoxy) is 3. The number of rotatable bonds is 4. The SMILES string of the molecule is O=C(OC1C2CC3C1OC(=O)C3C2C(=O)Oc1cccc2c1CCCC2)C1CC2c3ccccc3C1c1ccccc12. The smallest absolute Gasteiger partial charge is 0.315 e. The Labute approximate surface area is 244 Å². The van der Waals surface area contributed by atoms with Crippen LogP contribution in [0.15, 0.2) is 66.7 Å². The first-order chi connectivity index (χ1) is 20.6. The van der Waals surface area contributed by atoms with Crippen LogP contribution in [-0.4, -0.2) is 30.1 Å². The van der Waals surface area contributed by atoms with Gasteiger partial charge in [0.05, 0.1) is 17.8 Å². The molecule has 1 saturated heterocycles. The highest BCUT2D eigenvalue weighted by Gasteiger charge is 2.70. The predicted molar refractivity (Wildman–Crippen MR) is 152 cm³/mol. The van der Waals surface area contributed by atoms with Crippen LogP contribution in [0.1, 0.15) is 70.9 Å². The monoisotopic (exact) mass is 560 g/mol. The average Bonchev–Trinajstić information content (AvgIpc) is 3.65. The molecule has 3 aromatic rings. The molecule has 3 fully saturated rings. The molecule has 0 amide bonds. The lowest BCUT2D eigenvalue weighted by molar-refractivity contribution is -0.169. The van der Waals surface area contributed by atoms with E-state index in [1.54, 1.807) is 0 Å². The lowest BCUT2D eigenvalue weighted by Crippen LogP contribution is -2.46. The Morgan fingerprint density at radius 2 is 1.48 bits per heavy atom. The first-order valence-corrected chi connectivity index (χ1v) is 15.5. The van der Waals surface area contributed by atoms with Crippen LogP contribution >= 0.6 is 0 Å². The second-order valence-electron chi connectivity index (χ2n) is 13.1. The fourth-order valence-corrected chi connectivity index (χ4v) is 9.58. The van der Waals surface area contributed by atoms with E-state index in [2.05, 4.69) is 42.5 Å². The number of carbonyl (C=O) groups excluding carboxylic acids is 3. The van der Waals surface area contributed by atoms with Gasteiger partial charge in [0.1, 0.15) is 18.0 Å². The lowest BCUT2D eigenvalue weighted by atomic mass is 9.59. The molecule has 0 aromatic heterocycles. The maximum absolute atomic E-state index is 14.0. The fraction of sp³-hybridized carbons (Fsp3) is 0.417. The molecular formula is C36H32O6. The van der Waals surface area contributed by atoms with Crippen molar-refractivity contribution in [1.29, 1.82) is 0 Å². The molecular weight excluding hydrogens is 528 g/mol. The van der Waals surface area contributed by atoms with E-state index in [1.165, 1.54) is 27.8 Å². The number of carbonyl (C=O) groups is 3. The third kappa shape index (κ3) is 3.35. The second-order valence-corrected chi connectivity index (χ2v) is 13.1. The van der Waals surface area contributed by atoms with Gasteiger partial charge in [0.15, 0.2) is 0 Å². The third-order valence-corrected chi connectivity index (χ3v) is 11.2. The first-order valence-electron chi connectivity index (χ1n) is 15.5. The molecule has 0 spiro atoms. The molecule has 2 saturated carbocycles. The van der Waals surface area contributed by atoms with E-state index in [0.717, 1.165) is 31.2 Å². The van der Waals surface area contributed by atoms with Crippen LogP contribution in [0.4, 0.5) is 0 Å². The van der Waals surface area contributed by atoms with Crippen LogP contribution in [0.2, 0.25) is 0 Å². The maximum Gasteiger partial charge on any atom is 0.315 e. The van der Waals surface area contributed by atoms with Crippen molar-refractivity contribution in [2.75, 3.05) is 0 Å². The van der Waals surface area contributed by atoms with E-state index in [1.807, 2.05) is 24.3 Å². The molecule has 1 heterocycles. The third-order valence-electron chi connectivity index (χ3n) is 11.2. The van der Waals surface area contributed by atoms with Gasteiger partial charge in [-0.1, -0.05) is 60.7 Å². The van der Waals surface area contributed by atoms with Gasteiger partial charge in [0, 0.05) is 23.7 Å². The fourth-order valence-electron chi connectivity index (χ4n) is 9.58. The van der Waals surface area contributed by atoms with Gasteiger partial charge in [0.25, 0.3) is 0 Å². The molecule has 3 aromatic carbocycles. The molecule has 212 valence electrons. The number of hydrogen-bond donors (Lipinski definition) is 0. The highest BCUT2D eigenvalue weighted by Crippen LogP contribution is 2.60. The van der Waals surface area contributed by atoms with E-state index in [0.29, 0.717) is 18.6 Å². The summed E-state index contributed by atoms with van der Waals surface area (Å²) in [5.41, 5.74) is 7.32. The zero-order chi connectivity index (χ0) is 28.1. The normalized spacial score (nSPS) is 34.3. The topological polar surface area (TPSA) is 78.9 Å². The summed E-state index contributed by atoms with van der Waals surface area (Å²) in [6.07, 6.45) is 4.30. The van der Waals surface area contributed by atoms with Crippen LogP contribution in [-0.2, 0) is 36.7 Å². The number of esters is 3. The van der Waals surface area contributed by atoms with Crippen molar-refractivity contribution in [1.82, 2.24) is 0 Å². The number of aryl methyl sites for hydroxylation is 1. The van der Waals surface area contributed by atoms with E-state index in [9.17, 15) is 14.4 Å². The van der Waals surface area contributed by atoms with Crippen LogP contribution in [0.5, 0.6) is 5.75 Å². The Morgan fingerprint density at radius 3 is 2.24 bits per heavy atom. The predicted octanol–water partition coefficient (Wildman–Crippen LogP) is 5.49. The first kappa shape index (κ1) is 24.6. The molecule has 6 aliphatic carbocycles. The molecule has 10 rings (SSSR count). The molecule has 42 heavy (non-hydrogen) atoms. The van der Waals surface area contributed by atoms with E-state index in [4.69, 9.17) is 14.2 Å². The summed E-state index contributed by atoms with van der Waals surface area (Å²) in [6, 6.07) is 22.7. The molecule has 0 N–H and O–H groups in total. The van der Waals surface area contributed by atoms with Gasteiger partial charge >= 0.3 is 17.9 Å². The summed E-state index contributed by atoms with van der Waals surface area (Å²) in [6.45, 7) is 0. The second kappa shape index (κ2) is 9.03. The minimum absolute atomic E-state index is 0.0719. The molecule has 7 atom stereocenters. The maximum atomic E-state index is 14.0. The highest BCUT2D eigenvalue weighted by atomic mass is 16.6. The Balaban J connectivity index is 0.999. The quantitative estimate of drug-likeness (QED) is 0.310. The summed E-state index contributed by atoms with van der Waals surface area (Å²) < 4.78 is 18.2. The van der Waals surface area contributed by atoms with Crippen molar-refractivity contribution in [2.45, 2.75) is 62.6 Å². The Hall–Kier alpha value is -3.93. The van der Waals surface area contributed by atoms with E-state index < -0.39 is 30.0 Å². The zero-order valence-electron chi connectivity index (χ0n) is 23.2. The van der Waals surface area contributed by atoms with Crippen molar-refractivity contribution in [3.63, 3.8) is 0 Å². The average molecular weight is 561 g/mol. The van der Waals surface area contributed by atoms with Crippen molar-refractivity contribution >= 4 is 17.9 Å². The molecule has 4 bridgehead atoms. The van der Waals surface area contributed by atoms with Crippen molar-refractivity contribution in [3.8, 4) is 5.75 Å². The minimum atomic E-state index is -0.664. The molecule has 0 radical (unpaired) electrons. The largest absolute Gasteiger partial charge is 0.458 e. The standard InChI is InChI=1S/C36H32O6/c37-34(27-16-24-20-11-3-5-13-22(20)29(27)23-14-6-4-12-21(23)24)41-32-25-17-26-31(36(39)42-33(26)32)30(25)35(38)40-28-15-7-9-18-8-1-2-10-19(18)28/h3-7,9,11-15,24-27,29-33H,1-2,8,10,16-17H2. The molecule has 7 aliphatic rings. The van der Waals surface area contributed by atoms with Crippen LogP contribution in [0, 0.1) is 29.6 Å². The van der Waals surface area contributed by atoms with Crippen LogP contribution in [0.3, 0.4) is 0 Å². The van der Waals surface area contributed by atoms with Gasteiger partial charge in [-0.3, -0.25) is 14.4 Å². The molecule has 1 aliphatic heterocycles.